The predicted molar refractivity (Wildman–Crippen MR) is 120 cm³/mol. The Morgan fingerprint density at radius 1 is 0.786 bits per heavy atom. The molecule has 0 saturated carbocycles. The van der Waals surface area contributed by atoms with E-state index in [1.165, 1.54) is 77.0 Å². The Kier molecular flexibility index (Phi) is 16.3. The molecule has 0 aliphatic carbocycles. The van der Waals surface area contributed by atoms with Crippen molar-refractivity contribution in [1.29, 1.82) is 0 Å². The molecule has 0 radical (unpaired) electrons. The molecule has 0 aliphatic heterocycles. The SMILES string of the molecule is CCCCCCCCCCCCCCC[C@@H](OCc1ccccc1)[C@@H](N)CO. The molecule has 28 heavy (non-hydrogen) atoms. The first-order valence-electron chi connectivity index (χ1n) is 11.8. The second kappa shape index (κ2) is 18.1. The zero-order chi connectivity index (χ0) is 20.3. The lowest BCUT2D eigenvalue weighted by atomic mass is 10.0. The summed E-state index contributed by atoms with van der Waals surface area (Å²) >= 11 is 0. The molecular weight excluding hydrogens is 346 g/mol. The molecule has 3 nitrogen and oxygen atoms in total. The van der Waals surface area contributed by atoms with E-state index in [4.69, 9.17) is 10.5 Å². The Morgan fingerprint density at radius 3 is 1.79 bits per heavy atom. The van der Waals surface area contributed by atoms with Crippen molar-refractivity contribution in [3.8, 4) is 0 Å². The molecule has 1 aromatic carbocycles. The third-order valence-corrected chi connectivity index (χ3v) is 5.59. The van der Waals surface area contributed by atoms with Crippen molar-refractivity contribution < 1.29 is 9.84 Å². The molecule has 0 saturated heterocycles. The number of hydrogen-bond donors (Lipinski definition) is 2. The van der Waals surface area contributed by atoms with E-state index in [1.54, 1.807) is 0 Å². The molecule has 0 bridgehead atoms. The highest BCUT2D eigenvalue weighted by atomic mass is 16.5. The molecule has 0 aliphatic rings. The van der Waals surface area contributed by atoms with Crippen LogP contribution in [0.2, 0.25) is 0 Å². The van der Waals surface area contributed by atoms with E-state index in [9.17, 15) is 5.11 Å². The molecule has 0 unspecified atom stereocenters. The van der Waals surface area contributed by atoms with Crippen LogP contribution in [0.4, 0.5) is 0 Å². The van der Waals surface area contributed by atoms with Crippen molar-refractivity contribution in [1.82, 2.24) is 0 Å². The molecule has 0 amide bonds. The minimum absolute atomic E-state index is 0.0160. The number of aliphatic hydroxyl groups is 1. The molecule has 162 valence electrons. The van der Waals surface area contributed by atoms with Gasteiger partial charge in [-0.1, -0.05) is 121 Å². The summed E-state index contributed by atoms with van der Waals surface area (Å²) in [5.74, 6) is 0. The first kappa shape index (κ1) is 25.1. The van der Waals surface area contributed by atoms with Gasteiger partial charge in [0.05, 0.1) is 25.4 Å². The summed E-state index contributed by atoms with van der Waals surface area (Å²) in [6.45, 7) is 2.83. The van der Waals surface area contributed by atoms with Crippen LogP contribution in [-0.4, -0.2) is 23.9 Å². The average Bonchev–Trinajstić information content (AvgIpc) is 2.73. The molecule has 0 spiro atoms. The molecular formula is C25H45NO2. The number of aliphatic hydroxyl groups excluding tert-OH is 1. The smallest absolute Gasteiger partial charge is 0.0752 e. The fourth-order valence-corrected chi connectivity index (χ4v) is 3.68. The minimum atomic E-state index is -0.291. The third kappa shape index (κ3) is 13.3. The summed E-state index contributed by atoms with van der Waals surface area (Å²) in [6, 6.07) is 9.88. The highest BCUT2D eigenvalue weighted by Gasteiger charge is 2.17. The van der Waals surface area contributed by atoms with Gasteiger partial charge >= 0.3 is 0 Å². The minimum Gasteiger partial charge on any atom is -0.395 e. The molecule has 1 rings (SSSR count). The van der Waals surface area contributed by atoms with Crippen LogP contribution in [0, 0.1) is 0 Å². The molecule has 3 heteroatoms. The van der Waals surface area contributed by atoms with Gasteiger partial charge in [0, 0.05) is 0 Å². The van der Waals surface area contributed by atoms with Gasteiger partial charge in [0.1, 0.15) is 0 Å². The standard InChI is InChI=1S/C25H45NO2/c1-2-3-4-5-6-7-8-9-10-11-12-13-17-20-25(24(26)21-27)28-22-23-18-15-14-16-19-23/h14-16,18-19,24-25,27H,2-13,17,20-22,26H2,1H3/t24-,25+/m0/s1. The van der Waals surface area contributed by atoms with Gasteiger partial charge in [-0.05, 0) is 12.0 Å². The first-order chi connectivity index (χ1) is 13.8. The van der Waals surface area contributed by atoms with E-state index in [-0.39, 0.29) is 18.8 Å². The zero-order valence-electron chi connectivity index (χ0n) is 18.3. The maximum absolute atomic E-state index is 9.40. The highest BCUT2D eigenvalue weighted by Crippen LogP contribution is 2.16. The first-order valence-corrected chi connectivity index (χ1v) is 11.8. The van der Waals surface area contributed by atoms with Gasteiger partial charge in [0.25, 0.3) is 0 Å². The Hall–Kier alpha value is -0.900. The van der Waals surface area contributed by atoms with Crippen LogP contribution >= 0.6 is 0 Å². The number of nitrogens with two attached hydrogens (primary N) is 1. The topological polar surface area (TPSA) is 55.5 Å². The monoisotopic (exact) mass is 391 g/mol. The van der Waals surface area contributed by atoms with Crippen LogP contribution < -0.4 is 5.73 Å². The van der Waals surface area contributed by atoms with Crippen molar-refractivity contribution in [3.05, 3.63) is 35.9 Å². The van der Waals surface area contributed by atoms with Crippen LogP contribution in [0.15, 0.2) is 30.3 Å². The van der Waals surface area contributed by atoms with Crippen molar-refractivity contribution in [2.45, 2.75) is 116 Å². The number of benzene rings is 1. The second-order valence-corrected chi connectivity index (χ2v) is 8.21. The van der Waals surface area contributed by atoms with Crippen LogP contribution in [0.5, 0.6) is 0 Å². The summed E-state index contributed by atoms with van der Waals surface area (Å²) in [5.41, 5.74) is 7.21. The van der Waals surface area contributed by atoms with E-state index in [0.29, 0.717) is 6.61 Å². The summed E-state index contributed by atoms with van der Waals surface area (Å²) in [4.78, 5) is 0. The molecule has 3 N–H and O–H groups in total. The zero-order valence-corrected chi connectivity index (χ0v) is 18.3. The van der Waals surface area contributed by atoms with Gasteiger partial charge in [-0.25, -0.2) is 0 Å². The largest absolute Gasteiger partial charge is 0.395 e. The Labute approximate surface area is 174 Å². The number of hydrogen-bond acceptors (Lipinski definition) is 3. The van der Waals surface area contributed by atoms with Gasteiger partial charge in [-0.2, -0.15) is 0 Å². The fourth-order valence-electron chi connectivity index (χ4n) is 3.68. The van der Waals surface area contributed by atoms with Crippen molar-refractivity contribution >= 4 is 0 Å². The Balaban J connectivity index is 2.00. The number of rotatable bonds is 19. The van der Waals surface area contributed by atoms with Crippen molar-refractivity contribution in [2.75, 3.05) is 6.61 Å². The Morgan fingerprint density at radius 2 is 1.29 bits per heavy atom. The highest BCUT2D eigenvalue weighted by molar-refractivity contribution is 5.13. The third-order valence-electron chi connectivity index (χ3n) is 5.59. The Bertz CT molecular complexity index is 437. The second-order valence-electron chi connectivity index (χ2n) is 8.21. The lowest BCUT2D eigenvalue weighted by Crippen LogP contribution is -2.39. The summed E-state index contributed by atoms with van der Waals surface area (Å²) in [7, 11) is 0. The molecule has 0 heterocycles. The molecule has 2 atom stereocenters. The van der Waals surface area contributed by atoms with Crippen molar-refractivity contribution in [3.63, 3.8) is 0 Å². The van der Waals surface area contributed by atoms with E-state index in [0.717, 1.165) is 18.4 Å². The summed E-state index contributed by atoms with van der Waals surface area (Å²) in [5, 5.41) is 9.40. The van der Waals surface area contributed by atoms with E-state index >= 15 is 0 Å². The van der Waals surface area contributed by atoms with Gasteiger partial charge in [0.2, 0.25) is 0 Å². The maximum Gasteiger partial charge on any atom is 0.0752 e. The number of ether oxygens (including phenoxy) is 1. The van der Waals surface area contributed by atoms with Gasteiger partial charge in [-0.15, -0.1) is 0 Å². The summed E-state index contributed by atoms with van der Waals surface area (Å²) in [6.07, 6.45) is 18.5. The fraction of sp³-hybridized carbons (Fsp3) is 0.760. The van der Waals surface area contributed by atoms with Crippen molar-refractivity contribution in [2.24, 2.45) is 5.73 Å². The molecule has 0 aromatic heterocycles. The van der Waals surface area contributed by atoms with E-state index in [1.807, 2.05) is 18.2 Å². The lowest BCUT2D eigenvalue weighted by Gasteiger charge is -2.23. The quantitative estimate of drug-likeness (QED) is 0.269. The molecule has 0 fully saturated rings. The van der Waals surface area contributed by atoms with Crippen LogP contribution in [0.3, 0.4) is 0 Å². The van der Waals surface area contributed by atoms with Gasteiger partial charge in [-0.3, -0.25) is 0 Å². The summed E-state index contributed by atoms with van der Waals surface area (Å²) < 4.78 is 6.00. The number of unbranched alkanes of at least 4 members (excludes halogenated alkanes) is 12. The normalized spacial score (nSPS) is 13.5. The average molecular weight is 392 g/mol. The van der Waals surface area contributed by atoms with Crippen LogP contribution in [0.1, 0.15) is 102 Å². The maximum atomic E-state index is 9.40. The lowest BCUT2D eigenvalue weighted by molar-refractivity contribution is 0.00395. The predicted octanol–water partition coefficient (Wildman–Crippen LogP) is 6.37. The van der Waals surface area contributed by atoms with Crippen LogP contribution in [0.25, 0.3) is 0 Å². The molecule has 1 aromatic rings. The van der Waals surface area contributed by atoms with Gasteiger partial charge < -0.3 is 15.6 Å². The van der Waals surface area contributed by atoms with Crippen LogP contribution in [-0.2, 0) is 11.3 Å². The van der Waals surface area contributed by atoms with E-state index < -0.39 is 0 Å². The van der Waals surface area contributed by atoms with E-state index in [2.05, 4.69) is 19.1 Å². The van der Waals surface area contributed by atoms with Gasteiger partial charge in [0.15, 0.2) is 0 Å².